The van der Waals surface area contributed by atoms with Gasteiger partial charge in [-0.25, -0.2) is 11.1 Å². The third-order valence-electron chi connectivity index (χ3n) is 1.32. The van der Waals surface area contributed by atoms with E-state index in [4.69, 9.17) is 0 Å². The second-order valence-corrected chi connectivity index (χ2v) is 5.01. The monoisotopic (exact) mass is 232 g/mol. The van der Waals surface area contributed by atoms with Gasteiger partial charge >= 0.3 is 12.1 Å². The van der Waals surface area contributed by atoms with Gasteiger partial charge in [-0.2, -0.15) is 13.2 Å². The van der Waals surface area contributed by atoms with Gasteiger partial charge in [0.05, 0.1) is 0 Å². The lowest BCUT2D eigenvalue weighted by Crippen LogP contribution is -2.37. The van der Waals surface area contributed by atoms with Crippen LogP contribution in [0.4, 0.5) is 13.2 Å². The van der Waals surface area contributed by atoms with Crippen molar-refractivity contribution in [1.29, 1.82) is 0 Å². The molecule has 1 amide bonds. The minimum absolute atomic E-state index is 0.0501. The maximum absolute atomic E-state index is 11.7. The highest BCUT2D eigenvalue weighted by Crippen LogP contribution is 2.13. The first-order valence-electron chi connectivity index (χ1n) is 4.10. The average Bonchev–Trinajstić information content (AvgIpc) is 2.01. The zero-order chi connectivity index (χ0) is 11.2. The summed E-state index contributed by atoms with van der Waals surface area (Å²) in [5.74, 6) is -1.87. The Morgan fingerprint density at radius 3 is 2.29 bits per heavy atom. The van der Waals surface area contributed by atoms with E-state index in [2.05, 4.69) is 4.72 Å². The first-order chi connectivity index (χ1) is 6.34. The summed E-state index contributed by atoms with van der Waals surface area (Å²) in [4.78, 5) is 10.3. The standard InChI is InChI=1S/C7H15F3N2OS/c1-14(2)12-5-3-4-11-6(13)7(8,9)10/h12,14H,3-5H2,1-2H3,(H,11,13). The van der Waals surface area contributed by atoms with Gasteiger partial charge in [-0.05, 0) is 18.9 Å². The van der Waals surface area contributed by atoms with E-state index in [1.807, 2.05) is 12.5 Å². The Kier molecular flexibility index (Phi) is 5.94. The fourth-order valence-corrected chi connectivity index (χ4v) is 1.30. The van der Waals surface area contributed by atoms with Crippen molar-refractivity contribution in [1.82, 2.24) is 10.0 Å². The van der Waals surface area contributed by atoms with Crippen LogP contribution in [0.5, 0.6) is 0 Å². The van der Waals surface area contributed by atoms with Crippen LogP contribution in [0, 0.1) is 0 Å². The number of amides is 1. The quantitative estimate of drug-likeness (QED) is 0.485. The molecule has 14 heavy (non-hydrogen) atoms. The van der Waals surface area contributed by atoms with Crippen molar-refractivity contribution in [2.24, 2.45) is 0 Å². The van der Waals surface area contributed by atoms with E-state index in [9.17, 15) is 18.0 Å². The zero-order valence-electron chi connectivity index (χ0n) is 8.11. The second-order valence-electron chi connectivity index (χ2n) is 2.91. The van der Waals surface area contributed by atoms with Gasteiger partial charge < -0.3 is 5.32 Å². The first-order valence-corrected chi connectivity index (χ1v) is 6.33. The molecule has 0 unspecified atom stereocenters. The Morgan fingerprint density at radius 1 is 1.29 bits per heavy atom. The van der Waals surface area contributed by atoms with E-state index >= 15 is 0 Å². The minimum atomic E-state index is -4.77. The second kappa shape index (κ2) is 6.13. The van der Waals surface area contributed by atoms with Gasteiger partial charge in [0, 0.05) is 13.1 Å². The molecule has 0 aromatic carbocycles. The number of alkyl halides is 3. The predicted molar refractivity (Wildman–Crippen MR) is 52.5 cm³/mol. The van der Waals surface area contributed by atoms with Crippen molar-refractivity contribution in [3.05, 3.63) is 0 Å². The van der Waals surface area contributed by atoms with Crippen molar-refractivity contribution in [2.75, 3.05) is 25.6 Å². The van der Waals surface area contributed by atoms with Crippen LogP contribution in [0.3, 0.4) is 0 Å². The Bertz CT molecular complexity index is 184. The van der Waals surface area contributed by atoms with Crippen LogP contribution in [0.15, 0.2) is 0 Å². The summed E-state index contributed by atoms with van der Waals surface area (Å²) < 4.78 is 38.1. The van der Waals surface area contributed by atoms with E-state index in [-0.39, 0.29) is 17.6 Å². The van der Waals surface area contributed by atoms with Gasteiger partial charge in [0.1, 0.15) is 0 Å². The third-order valence-corrected chi connectivity index (χ3v) is 2.18. The van der Waals surface area contributed by atoms with Crippen LogP contribution in [-0.4, -0.2) is 37.7 Å². The van der Waals surface area contributed by atoms with Gasteiger partial charge in [0.25, 0.3) is 0 Å². The highest BCUT2D eigenvalue weighted by atomic mass is 32.2. The van der Waals surface area contributed by atoms with Gasteiger partial charge in [0.2, 0.25) is 0 Å². The number of halogens is 3. The Labute approximate surface area is 83.9 Å². The molecular weight excluding hydrogens is 217 g/mol. The molecule has 86 valence electrons. The van der Waals surface area contributed by atoms with Crippen LogP contribution in [0.1, 0.15) is 6.42 Å². The summed E-state index contributed by atoms with van der Waals surface area (Å²) in [5.41, 5.74) is 0. The van der Waals surface area contributed by atoms with Crippen molar-refractivity contribution < 1.29 is 18.0 Å². The summed E-state index contributed by atoms with van der Waals surface area (Å²) in [6.45, 7) is 0.672. The molecule has 0 radical (unpaired) electrons. The molecule has 0 aliphatic rings. The van der Waals surface area contributed by atoms with E-state index < -0.39 is 12.1 Å². The molecule has 0 aliphatic carbocycles. The highest BCUT2D eigenvalue weighted by Gasteiger charge is 2.38. The molecular formula is C7H15F3N2OS. The topological polar surface area (TPSA) is 41.1 Å². The summed E-state index contributed by atoms with van der Waals surface area (Å²) in [7, 11) is 0. The Balaban J connectivity index is 3.42. The van der Waals surface area contributed by atoms with Crippen LogP contribution < -0.4 is 10.0 Å². The highest BCUT2D eigenvalue weighted by molar-refractivity contribution is 8.14. The average molecular weight is 232 g/mol. The van der Waals surface area contributed by atoms with E-state index in [1.165, 1.54) is 0 Å². The molecule has 0 spiro atoms. The minimum Gasteiger partial charge on any atom is -0.348 e. The summed E-state index contributed by atoms with van der Waals surface area (Å²) in [5, 5.41) is 1.80. The predicted octanol–water partition coefficient (Wildman–Crippen LogP) is 0.820. The van der Waals surface area contributed by atoms with Gasteiger partial charge in [-0.15, -0.1) is 0 Å². The fourth-order valence-electron chi connectivity index (χ4n) is 0.693. The summed E-state index contributed by atoms with van der Waals surface area (Å²) >= 11 is -0.240. The zero-order valence-corrected chi connectivity index (χ0v) is 9.01. The molecule has 2 N–H and O–H groups in total. The first kappa shape index (κ1) is 13.6. The van der Waals surface area contributed by atoms with Gasteiger partial charge in [-0.3, -0.25) is 9.52 Å². The summed E-state index contributed by atoms with van der Waals surface area (Å²) in [6, 6.07) is 0. The number of hydrogen-bond donors (Lipinski definition) is 3. The van der Waals surface area contributed by atoms with E-state index in [1.54, 1.807) is 5.32 Å². The normalized spacial score (nSPS) is 12.5. The molecule has 0 rings (SSSR count). The largest absolute Gasteiger partial charge is 0.471 e. The lowest BCUT2D eigenvalue weighted by Gasteiger charge is -2.12. The molecule has 7 heteroatoms. The molecule has 0 fully saturated rings. The van der Waals surface area contributed by atoms with Crippen molar-refractivity contribution in [3.8, 4) is 0 Å². The Morgan fingerprint density at radius 2 is 1.86 bits per heavy atom. The maximum atomic E-state index is 11.7. The Hall–Kier alpha value is -0.430. The molecule has 0 saturated carbocycles. The lowest BCUT2D eigenvalue weighted by molar-refractivity contribution is -0.173. The van der Waals surface area contributed by atoms with Crippen LogP contribution in [0.25, 0.3) is 0 Å². The van der Waals surface area contributed by atoms with Gasteiger partial charge in [0.15, 0.2) is 0 Å². The summed E-state index contributed by atoms with van der Waals surface area (Å²) in [6.07, 6.45) is -0.259. The van der Waals surface area contributed by atoms with Crippen LogP contribution >= 0.6 is 11.1 Å². The molecule has 0 aromatic rings. The van der Waals surface area contributed by atoms with Crippen LogP contribution in [0.2, 0.25) is 0 Å². The molecule has 0 aromatic heterocycles. The fraction of sp³-hybridized carbons (Fsp3) is 0.857. The number of hydrogen-bond acceptors (Lipinski definition) is 2. The number of rotatable bonds is 5. The number of thiol groups is 1. The molecule has 3 nitrogen and oxygen atoms in total. The third kappa shape index (κ3) is 7.02. The molecule has 0 heterocycles. The molecule has 0 atom stereocenters. The molecule has 0 aliphatic heterocycles. The van der Waals surface area contributed by atoms with Crippen molar-refractivity contribution >= 4 is 17.0 Å². The van der Waals surface area contributed by atoms with Crippen LogP contribution in [-0.2, 0) is 4.79 Å². The van der Waals surface area contributed by atoms with Crippen molar-refractivity contribution in [2.45, 2.75) is 12.6 Å². The maximum Gasteiger partial charge on any atom is 0.471 e. The lowest BCUT2D eigenvalue weighted by atomic mass is 10.4. The number of carbonyl (C=O) groups is 1. The van der Waals surface area contributed by atoms with Crippen molar-refractivity contribution in [3.63, 3.8) is 0 Å². The smallest absolute Gasteiger partial charge is 0.348 e. The molecule has 0 saturated heterocycles. The van der Waals surface area contributed by atoms with Gasteiger partial charge in [-0.1, -0.05) is 0 Å². The number of nitrogens with one attached hydrogen (secondary N) is 2. The van der Waals surface area contributed by atoms with E-state index in [0.717, 1.165) is 0 Å². The SMILES string of the molecule is C[SH](C)NCCCNC(=O)C(F)(F)F. The van der Waals surface area contributed by atoms with E-state index in [0.29, 0.717) is 13.0 Å². The molecule has 0 bridgehead atoms. The number of carbonyl (C=O) groups excluding carboxylic acids is 1.